The summed E-state index contributed by atoms with van der Waals surface area (Å²) in [5.41, 5.74) is 3.32. The van der Waals surface area contributed by atoms with E-state index in [4.69, 9.17) is 9.47 Å². The first-order valence-corrected chi connectivity index (χ1v) is 17.6. The molecule has 3 amide bonds. The molecule has 5 aromatic rings. The van der Waals surface area contributed by atoms with Gasteiger partial charge in [0.15, 0.2) is 0 Å². The highest BCUT2D eigenvalue weighted by Gasteiger charge is 2.23. The van der Waals surface area contributed by atoms with Crippen LogP contribution in [0.15, 0.2) is 144 Å². The minimum Gasteiger partial charge on any atom is -0.497 e. The first-order chi connectivity index (χ1) is 25.3. The van der Waals surface area contributed by atoms with E-state index in [1.54, 1.807) is 110 Å². The van der Waals surface area contributed by atoms with E-state index in [0.29, 0.717) is 40.4 Å². The summed E-state index contributed by atoms with van der Waals surface area (Å²) < 4.78 is 10.5. The van der Waals surface area contributed by atoms with Crippen LogP contribution < -0.4 is 20.7 Å². The number of rotatable bonds is 15. The van der Waals surface area contributed by atoms with Crippen LogP contribution in [0.4, 0.5) is 11.4 Å². The summed E-state index contributed by atoms with van der Waals surface area (Å²) in [4.78, 5) is 53.6. The number of unbranched alkanes of at least 4 members (excludes halogenated alkanes) is 1. The molecule has 0 spiro atoms. The molecule has 0 saturated heterocycles. The van der Waals surface area contributed by atoms with Gasteiger partial charge in [0.1, 0.15) is 16.7 Å². The fourth-order valence-electron chi connectivity index (χ4n) is 4.98. The number of ether oxygens (including phenoxy) is 2. The van der Waals surface area contributed by atoms with Crippen molar-refractivity contribution >= 4 is 52.9 Å². The molecule has 0 saturated carbocycles. The number of anilines is 2. The van der Waals surface area contributed by atoms with Crippen LogP contribution in [-0.2, 0) is 14.3 Å². The Labute approximate surface area is 307 Å². The maximum atomic E-state index is 13.7. The molecule has 0 bridgehead atoms. The van der Waals surface area contributed by atoms with E-state index >= 15 is 0 Å². The zero-order valence-electron chi connectivity index (χ0n) is 28.8. The van der Waals surface area contributed by atoms with Crippen LogP contribution in [-0.4, -0.2) is 37.4 Å². The quantitative estimate of drug-likeness (QED) is 0.0430. The first-order valence-electron chi connectivity index (χ1n) is 16.8. The zero-order valence-corrected chi connectivity index (χ0v) is 29.7. The van der Waals surface area contributed by atoms with Gasteiger partial charge >= 0.3 is 5.97 Å². The Morgan fingerprint density at radius 3 is 2.10 bits per heavy atom. The van der Waals surface area contributed by atoms with Crippen molar-refractivity contribution < 1.29 is 28.7 Å². The molecule has 10 heteroatoms. The molecular weight excluding hydrogens is 675 g/mol. The Morgan fingerprint density at radius 2 is 1.42 bits per heavy atom. The minimum absolute atomic E-state index is 0.0406. The second-order valence-corrected chi connectivity index (χ2v) is 12.8. The highest BCUT2D eigenvalue weighted by molar-refractivity contribution is 8.00. The molecule has 9 nitrogen and oxygen atoms in total. The normalized spacial score (nSPS) is 11.5. The maximum absolute atomic E-state index is 13.7. The second-order valence-electron chi connectivity index (χ2n) is 11.6. The van der Waals surface area contributed by atoms with E-state index < -0.39 is 23.0 Å². The minimum atomic E-state index is -0.651. The predicted octanol–water partition coefficient (Wildman–Crippen LogP) is 8.53. The van der Waals surface area contributed by atoms with Gasteiger partial charge in [-0.25, -0.2) is 4.79 Å². The number of benzene rings is 5. The Kier molecular flexibility index (Phi) is 13.4. The van der Waals surface area contributed by atoms with Crippen molar-refractivity contribution in [2.75, 3.05) is 24.4 Å². The van der Waals surface area contributed by atoms with E-state index in [0.717, 1.165) is 23.3 Å². The smallest absolute Gasteiger partial charge is 0.338 e. The monoisotopic (exact) mass is 713 g/mol. The molecule has 3 N–H and O–H groups in total. The van der Waals surface area contributed by atoms with Gasteiger partial charge in [-0.1, -0.05) is 80.1 Å². The van der Waals surface area contributed by atoms with Crippen molar-refractivity contribution in [3.05, 3.63) is 161 Å². The van der Waals surface area contributed by atoms with Crippen molar-refractivity contribution in [2.24, 2.45) is 0 Å². The van der Waals surface area contributed by atoms with Crippen molar-refractivity contribution in [1.29, 1.82) is 0 Å². The summed E-state index contributed by atoms with van der Waals surface area (Å²) in [5, 5.41) is 7.96. The van der Waals surface area contributed by atoms with Crippen molar-refractivity contribution in [3.63, 3.8) is 0 Å². The number of hydrogen-bond acceptors (Lipinski definition) is 7. The lowest BCUT2D eigenvalue weighted by Crippen LogP contribution is -2.30. The van der Waals surface area contributed by atoms with Gasteiger partial charge in [0, 0.05) is 21.8 Å². The molecule has 0 heterocycles. The standard InChI is InChI=1S/C42H39N3O6S/c1-3-4-26-51-42(49)32-20-22-33(23-21-32)43-41(48)38(30-12-7-5-8-13-30)52-36-17-11-16-34(28-36)44-40(47)37(27-29-18-24-35(50-2)25-19-29)45-39(46)31-14-9-6-10-15-31/h5-25,27-28,38H,3-4,26H2,1-2H3,(H,43,48)(H,44,47)(H,45,46)/b37-27+. The average Bonchev–Trinajstić information content (AvgIpc) is 3.18. The molecule has 1 atom stereocenters. The highest BCUT2D eigenvalue weighted by atomic mass is 32.2. The van der Waals surface area contributed by atoms with Gasteiger partial charge in [0.25, 0.3) is 11.8 Å². The molecule has 0 radical (unpaired) electrons. The number of carbonyl (C=O) groups is 4. The number of hydrogen-bond donors (Lipinski definition) is 3. The van der Waals surface area contributed by atoms with Gasteiger partial charge in [0.2, 0.25) is 5.91 Å². The molecule has 5 aromatic carbocycles. The molecule has 0 aliphatic rings. The summed E-state index contributed by atoms with van der Waals surface area (Å²) in [6.07, 6.45) is 3.31. The lowest BCUT2D eigenvalue weighted by Gasteiger charge is -2.18. The average molecular weight is 714 g/mol. The van der Waals surface area contributed by atoms with E-state index in [9.17, 15) is 19.2 Å². The lowest BCUT2D eigenvalue weighted by atomic mass is 10.1. The Balaban J connectivity index is 1.33. The topological polar surface area (TPSA) is 123 Å². The van der Waals surface area contributed by atoms with Crippen LogP contribution in [0.3, 0.4) is 0 Å². The van der Waals surface area contributed by atoms with Crippen molar-refractivity contribution in [2.45, 2.75) is 29.9 Å². The van der Waals surface area contributed by atoms with Crippen LogP contribution in [0.5, 0.6) is 5.75 Å². The molecule has 264 valence electrons. The van der Waals surface area contributed by atoms with E-state index in [2.05, 4.69) is 16.0 Å². The number of esters is 1. The summed E-state index contributed by atoms with van der Waals surface area (Å²) in [6, 6.07) is 38.8. The lowest BCUT2D eigenvalue weighted by molar-refractivity contribution is -0.116. The molecular formula is C42H39N3O6S. The van der Waals surface area contributed by atoms with Crippen LogP contribution >= 0.6 is 11.8 Å². The van der Waals surface area contributed by atoms with Crippen molar-refractivity contribution in [3.8, 4) is 5.75 Å². The predicted molar refractivity (Wildman–Crippen MR) is 205 cm³/mol. The molecule has 0 aromatic heterocycles. The van der Waals surface area contributed by atoms with Gasteiger partial charge < -0.3 is 25.4 Å². The summed E-state index contributed by atoms with van der Waals surface area (Å²) in [7, 11) is 1.57. The van der Waals surface area contributed by atoms with Gasteiger partial charge in [-0.2, -0.15) is 0 Å². The number of thioether (sulfide) groups is 1. The fraction of sp³-hybridized carbons (Fsp3) is 0.143. The maximum Gasteiger partial charge on any atom is 0.338 e. The van der Waals surface area contributed by atoms with Gasteiger partial charge in [-0.3, -0.25) is 14.4 Å². The Hall–Kier alpha value is -6.13. The van der Waals surface area contributed by atoms with Gasteiger partial charge in [0.05, 0.1) is 19.3 Å². The molecule has 1 unspecified atom stereocenters. The molecule has 0 fully saturated rings. The summed E-state index contributed by atoms with van der Waals surface area (Å²) in [5.74, 6) is -0.975. The van der Waals surface area contributed by atoms with Crippen LogP contribution in [0.25, 0.3) is 6.08 Å². The zero-order chi connectivity index (χ0) is 36.7. The van der Waals surface area contributed by atoms with E-state index in [1.807, 2.05) is 43.3 Å². The van der Waals surface area contributed by atoms with Crippen LogP contribution in [0.1, 0.15) is 56.9 Å². The third-order valence-corrected chi connectivity index (χ3v) is 9.01. The first kappa shape index (κ1) is 37.1. The van der Waals surface area contributed by atoms with E-state index in [1.165, 1.54) is 11.8 Å². The Bertz CT molecular complexity index is 2000. The molecule has 5 rings (SSSR count). The van der Waals surface area contributed by atoms with Crippen LogP contribution in [0, 0.1) is 0 Å². The number of carbonyl (C=O) groups excluding carboxylic acids is 4. The van der Waals surface area contributed by atoms with Gasteiger partial charge in [-0.05, 0) is 90.4 Å². The molecule has 0 aliphatic carbocycles. The molecule has 52 heavy (non-hydrogen) atoms. The summed E-state index contributed by atoms with van der Waals surface area (Å²) in [6.45, 7) is 2.39. The van der Waals surface area contributed by atoms with E-state index in [-0.39, 0.29) is 11.6 Å². The number of amides is 3. The largest absolute Gasteiger partial charge is 0.497 e. The number of methoxy groups -OCH3 is 1. The van der Waals surface area contributed by atoms with Gasteiger partial charge in [-0.15, -0.1) is 11.8 Å². The third kappa shape index (κ3) is 10.7. The van der Waals surface area contributed by atoms with Crippen molar-refractivity contribution in [1.82, 2.24) is 5.32 Å². The SMILES string of the molecule is CCCCOC(=O)c1ccc(NC(=O)C(Sc2cccc(NC(=O)/C(=C\c3ccc(OC)cc3)NC(=O)c3ccccc3)c2)c2ccccc2)cc1. The molecule has 0 aliphatic heterocycles. The summed E-state index contributed by atoms with van der Waals surface area (Å²) >= 11 is 1.32. The highest BCUT2D eigenvalue weighted by Crippen LogP contribution is 2.37. The number of nitrogens with one attached hydrogen (secondary N) is 3. The third-order valence-electron chi connectivity index (χ3n) is 7.76. The Morgan fingerprint density at radius 1 is 0.731 bits per heavy atom. The van der Waals surface area contributed by atoms with Crippen LogP contribution in [0.2, 0.25) is 0 Å². The second kappa shape index (κ2) is 18.7. The fourth-order valence-corrected chi connectivity index (χ4v) is 6.07.